The largest absolute Gasteiger partial charge is 0.329 e. The van der Waals surface area contributed by atoms with Crippen LogP contribution in [0.4, 0.5) is 0 Å². The lowest BCUT2D eigenvalue weighted by Gasteiger charge is -2.07. The van der Waals surface area contributed by atoms with Gasteiger partial charge in [-0.25, -0.2) is 0 Å². The van der Waals surface area contributed by atoms with Crippen LogP contribution in [0.15, 0.2) is 53.7 Å². The second kappa shape index (κ2) is 7.58. The maximum atomic E-state index is 11.8. The topological polar surface area (TPSA) is 34.4 Å². The summed E-state index contributed by atoms with van der Waals surface area (Å²) in [6.07, 6.45) is 4.40. The molecule has 1 aromatic carbocycles. The molecular formula is C18H22N2O. The minimum absolute atomic E-state index is 0.0410. The van der Waals surface area contributed by atoms with E-state index in [1.165, 1.54) is 11.1 Å². The van der Waals surface area contributed by atoms with Crippen molar-refractivity contribution in [1.29, 1.82) is 0 Å². The van der Waals surface area contributed by atoms with Gasteiger partial charge in [-0.3, -0.25) is 4.79 Å². The van der Waals surface area contributed by atoms with Crippen molar-refractivity contribution >= 4 is 5.91 Å². The van der Waals surface area contributed by atoms with Gasteiger partial charge in [0.05, 0.1) is 0 Å². The first-order valence-corrected chi connectivity index (χ1v) is 7.47. The molecule has 110 valence electrons. The van der Waals surface area contributed by atoms with Gasteiger partial charge in [0.25, 0.3) is 0 Å². The number of benzene rings is 1. The Morgan fingerprint density at radius 1 is 1.14 bits per heavy atom. The number of amides is 1. The maximum Gasteiger partial charge on any atom is 0.247 e. The van der Waals surface area contributed by atoms with Gasteiger partial charge in [-0.1, -0.05) is 49.2 Å². The third-order valence-electron chi connectivity index (χ3n) is 3.37. The van der Waals surface area contributed by atoms with Crippen LogP contribution in [0.5, 0.6) is 0 Å². The van der Waals surface area contributed by atoms with Crippen molar-refractivity contribution in [3.8, 4) is 0 Å². The van der Waals surface area contributed by atoms with Gasteiger partial charge >= 0.3 is 0 Å². The SMILES string of the molecule is CCCCC(=O)N=c1ccccn1Cc1ccc(C)cc1. The fraction of sp³-hybridized carbons (Fsp3) is 0.333. The van der Waals surface area contributed by atoms with Crippen molar-refractivity contribution in [2.24, 2.45) is 4.99 Å². The van der Waals surface area contributed by atoms with Gasteiger partial charge in [0.15, 0.2) is 0 Å². The van der Waals surface area contributed by atoms with E-state index in [2.05, 4.69) is 43.1 Å². The molecule has 0 aliphatic carbocycles. The number of rotatable bonds is 5. The third-order valence-corrected chi connectivity index (χ3v) is 3.37. The highest BCUT2D eigenvalue weighted by Gasteiger charge is 2.00. The Hall–Kier alpha value is -2.16. The summed E-state index contributed by atoms with van der Waals surface area (Å²) in [5, 5.41) is 0. The molecular weight excluding hydrogens is 260 g/mol. The number of hydrogen-bond acceptors (Lipinski definition) is 1. The van der Waals surface area contributed by atoms with Gasteiger partial charge in [0, 0.05) is 19.2 Å². The minimum Gasteiger partial charge on any atom is -0.329 e. The summed E-state index contributed by atoms with van der Waals surface area (Å²) in [5.74, 6) is -0.0410. The van der Waals surface area contributed by atoms with Crippen LogP contribution in [0.1, 0.15) is 37.3 Å². The van der Waals surface area contributed by atoms with Gasteiger partial charge in [0.1, 0.15) is 5.49 Å². The second-order valence-corrected chi connectivity index (χ2v) is 5.28. The van der Waals surface area contributed by atoms with Gasteiger partial charge in [-0.2, -0.15) is 4.99 Å². The normalized spacial score (nSPS) is 11.6. The highest BCUT2D eigenvalue weighted by Crippen LogP contribution is 2.04. The molecule has 1 amide bonds. The zero-order valence-corrected chi connectivity index (χ0v) is 12.7. The van der Waals surface area contributed by atoms with E-state index < -0.39 is 0 Å². The smallest absolute Gasteiger partial charge is 0.247 e. The molecule has 3 nitrogen and oxygen atoms in total. The first-order valence-electron chi connectivity index (χ1n) is 7.47. The van der Waals surface area contributed by atoms with Crippen molar-refractivity contribution in [1.82, 2.24) is 4.57 Å². The number of aromatic nitrogens is 1. The summed E-state index contributed by atoms with van der Waals surface area (Å²) in [5.41, 5.74) is 3.17. The highest BCUT2D eigenvalue weighted by molar-refractivity contribution is 5.76. The first-order chi connectivity index (χ1) is 10.2. The predicted molar refractivity (Wildman–Crippen MR) is 84.8 cm³/mol. The number of hydrogen-bond donors (Lipinski definition) is 0. The standard InChI is InChI=1S/C18H22N2O/c1-3-4-8-18(21)19-17-7-5-6-13-20(17)14-16-11-9-15(2)10-12-16/h5-7,9-13H,3-4,8,14H2,1-2H3. The average molecular weight is 282 g/mol. The molecule has 2 aromatic rings. The van der Waals surface area contributed by atoms with Crippen LogP contribution in [0.2, 0.25) is 0 Å². The molecule has 0 radical (unpaired) electrons. The monoisotopic (exact) mass is 282 g/mol. The van der Waals surface area contributed by atoms with Crippen LogP contribution >= 0.6 is 0 Å². The summed E-state index contributed by atoms with van der Waals surface area (Å²) in [7, 11) is 0. The quantitative estimate of drug-likeness (QED) is 0.827. The molecule has 0 saturated heterocycles. The molecule has 0 fully saturated rings. The lowest BCUT2D eigenvalue weighted by Crippen LogP contribution is -2.22. The Morgan fingerprint density at radius 3 is 2.62 bits per heavy atom. The molecule has 2 rings (SSSR count). The zero-order valence-electron chi connectivity index (χ0n) is 12.7. The molecule has 0 aliphatic heterocycles. The van der Waals surface area contributed by atoms with E-state index in [1.807, 2.05) is 29.0 Å². The highest BCUT2D eigenvalue weighted by atomic mass is 16.1. The van der Waals surface area contributed by atoms with Crippen LogP contribution < -0.4 is 5.49 Å². The fourth-order valence-corrected chi connectivity index (χ4v) is 2.10. The molecule has 21 heavy (non-hydrogen) atoms. The van der Waals surface area contributed by atoms with Gasteiger partial charge < -0.3 is 4.57 Å². The number of aryl methyl sites for hydroxylation is 1. The zero-order chi connectivity index (χ0) is 15.1. The fourth-order valence-electron chi connectivity index (χ4n) is 2.10. The molecule has 0 bridgehead atoms. The Morgan fingerprint density at radius 2 is 1.90 bits per heavy atom. The van der Waals surface area contributed by atoms with E-state index in [0.717, 1.165) is 24.9 Å². The summed E-state index contributed by atoms with van der Waals surface area (Å²) < 4.78 is 2.01. The maximum absolute atomic E-state index is 11.8. The molecule has 0 aliphatic rings. The summed E-state index contributed by atoms with van der Waals surface area (Å²) in [4.78, 5) is 16.1. The molecule has 1 heterocycles. The van der Waals surface area contributed by atoms with Crippen LogP contribution in [-0.2, 0) is 11.3 Å². The summed E-state index contributed by atoms with van der Waals surface area (Å²) in [6, 6.07) is 14.2. The predicted octanol–water partition coefficient (Wildman–Crippen LogP) is 3.46. The van der Waals surface area contributed by atoms with Crippen molar-refractivity contribution < 1.29 is 4.79 Å². The van der Waals surface area contributed by atoms with E-state index in [-0.39, 0.29) is 5.91 Å². The van der Waals surface area contributed by atoms with Crippen LogP contribution in [0.3, 0.4) is 0 Å². The molecule has 0 N–H and O–H groups in total. The second-order valence-electron chi connectivity index (χ2n) is 5.28. The van der Waals surface area contributed by atoms with Crippen molar-refractivity contribution in [3.05, 3.63) is 65.3 Å². The van der Waals surface area contributed by atoms with E-state index in [0.29, 0.717) is 6.42 Å². The van der Waals surface area contributed by atoms with E-state index >= 15 is 0 Å². The molecule has 0 saturated carbocycles. The van der Waals surface area contributed by atoms with Crippen LogP contribution in [0.25, 0.3) is 0 Å². The number of nitrogens with zero attached hydrogens (tertiary/aromatic N) is 2. The summed E-state index contributed by atoms with van der Waals surface area (Å²) >= 11 is 0. The van der Waals surface area contributed by atoms with Gasteiger partial charge in [0.2, 0.25) is 5.91 Å². The molecule has 0 spiro atoms. The molecule has 1 aromatic heterocycles. The van der Waals surface area contributed by atoms with Crippen molar-refractivity contribution in [2.75, 3.05) is 0 Å². The van der Waals surface area contributed by atoms with Crippen LogP contribution in [0, 0.1) is 6.92 Å². The van der Waals surface area contributed by atoms with Crippen molar-refractivity contribution in [2.45, 2.75) is 39.7 Å². The van der Waals surface area contributed by atoms with E-state index in [1.54, 1.807) is 0 Å². The van der Waals surface area contributed by atoms with Crippen LogP contribution in [-0.4, -0.2) is 10.5 Å². The van der Waals surface area contributed by atoms with Gasteiger partial charge in [-0.05, 0) is 31.0 Å². The Kier molecular flexibility index (Phi) is 5.50. The Balaban J connectivity index is 2.22. The number of unbranched alkanes of at least 4 members (excludes halogenated alkanes) is 1. The molecule has 0 atom stereocenters. The average Bonchev–Trinajstić information content (AvgIpc) is 2.49. The Labute approximate surface area is 126 Å². The lowest BCUT2D eigenvalue weighted by atomic mass is 10.1. The number of carbonyl (C=O) groups excluding carboxylic acids is 1. The third kappa shape index (κ3) is 4.71. The van der Waals surface area contributed by atoms with E-state index in [4.69, 9.17) is 0 Å². The van der Waals surface area contributed by atoms with E-state index in [9.17, 15) is 4.79 Å². The number of carbonyl (C=O) groups is 1. The minimum atomic E-state index is -0.0410. The van der Waals surface area contributed by atoms with Crippen molar-refractivity contribution in [3.63, 3.8) is 0 Å². The first kappa shape index (κ1) is 15.2. The van der Waals surface area contributed by atoms with Gasteiger partial charge in [-0.15, -0.1) is 0 Å². The number of pyridine rings is 1. The lowest BCUT2D eigenvalue weighted by molar-refractivity contribution is -0.118. The Bertz CT molecular complexity index is 653. The molecule has 3 heteroatoms. The molecule has 0 unspecified atom stereocenters. The summed E-state index contributed by atoms with van der Waals surface area (Å²) in [6.45, 7) is 4.88.